The maximum atomic E-state index is 13.0. The number of nitrogens with zero attached hydrogens (tertiary/aromatic N) is 2. The Labute approximate surface area is 189 Å². The summed E-state index contributed by atoms with van der Waals surface area (Å²) in [4.78, 5) is 23.8. The van der Waals surface area contributed by atoms with Gasteiger partial charge in [-0.2, -0.15) is 5.10 Å². The minimum atomic E-state index is -0.294. The van der Waals surface area contributed by atoms with Gasteiger partial charge in [0.15, 0.2) is 6.61 Å². The summed E-state index contributed by atoms with van der Waals surface area (Å²) in [6.45, 7) is -0.191. The fraction of sp³-hybridized carbons (Fsp3) is 0.125. The number of hydrogen-bond donors (Lipinski definition) is 0. The second-order valence-corrected chi connectivity index (χ2v) is 7.86. The van der Waals surface area contributed by atoms with Crippen molar-refractivity contribution in [2.24, 2.45) is 5.10 Å². The third-order valence-corrected chi connectivity index (χ3v) is 5.57. The SMILES string of the molecule is O=Cc1ccc(OCC(=O)N2N=C(c3ccccc3Cl)CC2c2ccc(Cl)cc2)cc1. The Kier molecular flexibility index (Phi) is 6.35. The second-order valence-electron chi connectivity index (χ2n) is 7.01. The summed E-state index contributed by atoms with van der Waals surface area (Å²) in [5.74, 6) is 0.206. The molecule has 156 valence electrons. The molecule has 0 saturated carbocycles. The van der Waals surface area contributed by atoms with E-state index in [-0.39, 0.29) is 18.6 Å². The van der Waals surface area contributed by atoms with Crippen LogP contribution < -0.4 is 4.74 Å². The van der Waals surface area contributed by atoms with E-state index in [1.54, 1.807) is 42.5 Å². The molecule has 1 atom stereocenters. The van der Waals surface area contributed by atoms with Gasteiger partial charge in [0, 0.05) is 27.6 Å². The third-order valence-electron chi connectivity index (χ3n) is 4.98. The molecule has 0 aliphatic carbocycles. The highest BCUT2D eigenvalue weighted by molar-refractivity contribution is 6.34. The van der Waals surface area contributed by atoms with E-state index < -0.39 is 0 Å². The molecule has 3 aromatic carbocycles. The van der Waals surface area contributed by atoms with E-state index in [0.717, 1.165) is 23.1 Å². The molecule has 3 aromatic rings. The van der Waals surface area contributed by atoms with E-state index in [1.165, 1.54) is 5.01 Å². The molecule has 31 heavy (non-hydrogen) atoms. The highest BCUT2D eigenvalue weighted by Crippen LogP contribution is 2.35. The van der Waals surface area contributed by atoms with Gasteiger partial charge in [-0.15, -0.1) is 0 Å². The first-order valence-electron chi connectivity index (χ1n) is 9.63. The predicted molar refractivity (Wildman–Crippen MR) is 121 cm³/mol. The van der Waals surface area contributed by atoms with Crippen molar-refractivity contribution in [1.29, 1.82) is 0 Å². The number of rotatable bonds is 6. The zero-order chi connectivity index (χ0) is 21.8. The average molecular weight is 453 g/mol. The van der Waals surface area contributed by atoms with Crippen molar-refractivity contribution >= 4 is 41.1 Å². The van der Waals surface area contributed by atoms with E-state index in [4.69, 9.17) is 27.9 Å². The molecule has 5 nitrogen and oxygen atoms in total. The van der Waals surface area contributed by atoms with Gasteiger partial charge in [0.05, 0.1) is 11.8 Å². The summed E-state index contributed by atoms with van der Waals surface area (Å²) in [6, 6.07) is 21.0. The first kappa shape index (κ1) is 21.1. The van der Waals surface area contributed by atoms with Gasteiger partial charge in [0.2, 0.25) is 0 Å². The number of carbonyl (C=O) groups is 2. The van der Waals surface area contributed by atoms with Crippen LogP contribution in [-0.4, -0.2) is 29.5 Å². The van der Waals surface area contributed by atoms with Crippen LogP contribution in [0.1, 0.15) is 33.9 Å². The summed E-state index contributed by atoms with van der Waals surface area (Å²) < 4.78 is 5.62. The van der Waals surface area contributed by atoms with Crippen LogP contribution in [0.5, 0.6) is 5.75 Å². The maximum absolute atomic E-state index is 13.0. The molecule has 0 fully saturated rings. The van der Waals surface area contributed by atoms with Crippen LogP contribution in [0.25, 0.3) is 0 Å². The van der Waals surface area contributed by atoms with Crippen LogP contribution >= 0.6 is 23.2 Å². The molecule has 0 spiro atoms. The monoisotopic (exact) mass is 452 g/mol. The van der Waals surface area contributed by atoms with Crippen molar-refractivity contribution in [1.82, 2.24) is 5.01 Å². The second kappa shape index (κ2) is 9.33. The van der Waals surface area contributed by atoms with Gasteiger partial charge in [-0.25, -0.2) is 5.01 Å². The van der Waals surface area contributed by atoms with Gasteiger partial charge >= 0.3 is 0 Å². The zero-order valence-corrected chi connectivity index (χ0v) is 17.9. The van der Waals surface area contributed by atoms with Gasteiger partial charge < -0.3 is 4.74 Å². The van der Waals surface area contributed by atoms with E-state index >= 15 is 0 Å². The summed E-state index contributed by atoms with van der Waals surface area (Å²) in [5, 5.41) is 7.24. The number of aldehydes is 1. The summed E-state index contributed by atoms with van der Waals surface area (Å²) in [7, 11) is 0. The lowest BCUT2D eigenvalue weighted by molar-refractivity contribution is -0.135. The van der Waals surface area contributed by atoms with Gasteiger partial charge in [0.25, 0.3) is 5.91 Å². The van der Waals surface area contributed by atoms with Gasteiger partial charge in [-0.3, -0.25) is 9.59 Å². The molecule has 0 aromatic heterocycles. The fourth-order valence-electron chi connectivity index (χ4n) is 3.40. The van der Waals surface area contributed by atoms with Crippen molar-refractivity contribution in [3.8, 4) is 5.75 Å². The number of benzene rings is 3. The molecular formula is C24H18Cl2N2O3. The lowest BCUT2D eigenvalue weighted by Gasteiger charge is -2.22. The lowest BCUT2D eigenvalue weighted by atomic mass is 9.98. The topological polar surface area (TPSA) is 59.0 Å². The minimum Gasteiger partial charge on any atom is -0.484 e. The largest absolute Gasteiger partial charge is 0.484 e. The molecule has 1 aliphatic heterocycles. The van der Waals surface area contributed by atoms with Crippen molar-refractivity contribution in [2.45, 2.75) is 12.5 Å². The molecule has 0 bridgehead atoms. The normalized spacial score (nSPS) is 15.5. The van der Waals surface area contributed by atoms with Gasteiger partial charge in [0.1, 0.15) is 12.0 Å². The molecule has 0 saturated heterocycles. The van der Waals surface area contributed by atoms with Crippen LogP contribution in [0.3, 0.4) is 0 Å². The highest BCUT2D eigenvalue weighted by atomic mass is 35.5. The van der Waals surface area contributed by atoms with Crippen LogP contribution in [0.15, 0.2) is 77.9 Å². The molecule has 1 aliphatic rings. The van der Waals surface area contributed by atoms with Crippen LogP contribution in [0.4, 0.5) is 0 Å². The quantitative estimate of drug-likeness (QED) is 0.459. The Balaban J connectivity index is 1.58. The van der Waals surface area contributed by atoms with E-state index in [0.29, 0.717) is 27.8 Å². The van der Waals surface area contributed by atoms with Crippen molar-refractivity contribution < 1.29 is 14.3 Å². The van der Waals surface area contributed by atoms with Crippen molar-refractivity contribution in [3.63, 3.8) is 0 Å². The van der Waals surface area contributed by atoms with Crippen molar-refractivity contribution in [2.75, 3.05) is 6.61 Å². The Hall–Kier alpha value is -3.15. The summed E-state index contributed by atoms with van der Waals surface area (Å²) in [5.41, 5.74) is 2.98. The molecule has 0 N–H and O–H groups in total. The fourth-order valence-corrected chi connectivity index (χ4v) is 3.77. The molecule has 4 rings (SSSR count). The molecule has 7 heteroatoms. The number of carbonyl (C=O) groups excluding carboxylic acids is 2. The average Bonchev–Trinajstić information content (AvgIpc) is 3.24. The number of hydrazone groups is 1. The summed E-state index contributed by atoms with van der Waals surface area (Å²) >= 11 is 12.4. The highest BCUT2D eigenvalue weighted by Gasteiger charge is 2.33. The first-order valence-corrected chi connectivity index (χ1v) is 10.4. The molecule has 1 unspecified atom stereocenters. The van der Waals surface area contributed by atoms with Gasteiger partial charge in [-0.05, 0) is 48.0 Å². The predicted octanol–water partition coefficient (Wildman–Crippen LogP) is 5.56. The Morgan fingerprint density at radius 1 is 1.03 bits per heavy atom. The minimum absolute atomic E-state index is 0.191. The number of amides is 1. The lowest BCUT2D eigenvalue weighted by Crippen LogP contribution is -2.31. The van der Waals surface area contributed by atoms with E-state index in [9.17, 15) is 9.59 Å². The standard InChI is InChI=1S/C24H18Cl2N2O3/c25-18-9-7-17(8-10-18)23-13-22(20-3-1-2-4-21(20)26)27-28(23)24(30)15-31-19-11-5-16(14-29)6-12-19/h1-12,14,23H,13,15H2. The smallest absolute Gasteiger partial charge is 0.281 e. The number of ether oxygens (including phenoxy) is 1. The van der Waals surface area contributed by atoms with Crippen LogP contribution in [0.2, 0.25) is 10.0 Å². The Morgan fingerprint density at radius 2 is 1.74 bits per heavy atom. The summed E-state index contributed by atoms with van der Waals surface area (Å²) in [6.07, 6.45) is 1.27. The maximum Gasteiger partial charge on any atom is 0.281 e. The third kappa shape index (κ3) is 4.79. The molecule has 1 heterocycles. The van der Waals surface area contributed by atoms with Crippen LogP contribution in [-0.2, 0) is 4.79 Å². The molecule has 1 amide bonds. The van der Waals surface area contributed by atoms with Gasteiger partial charge in [-0.1, -0.05) is 53.5 Å². The van der Waals surface area contributed by atoms with Crippen LogP contribution in [0, 0.1) is 0 Å². The Morgan fingerprint density at radius 3 is 2.42 bits per heavy atom. The number of hydrogen-bond acceptors (Lipinski definition) is 4. The van der Waals surface area contributed by atoms with Crippen molar-refractivity contribution in [3.05, 3.63) is 99.5 Å². The first-order chi connectivity index (χ1) is 15.0. The number of halogens is 2. The molecular weight excluding hydrogens is 435 g/mol. The Bertz CT molecular complexity index is 1130. The van der Waals surface area contributed by atoms with E-state index in [1.807, 2.05) is 30.3 Å². The zero-order valence-electron chi connectivity index (χ0n) is 16.4. The van der Waals surface area contributed by atoms with E-state index in [2.05, 4.69) is 5.10 Å². The molecule has 0 radical (unpaired) electrons.